The standard InChI is InChI=1S/C17H16N2.ClH/c1-11-12(2)17(14-8-3-5-9-15(14)18)19-16-10-6-4-7-13(11)16;/h3-10H,18H2,1-2H3;1H/p+1. The molecule has 0 aliphatic carbocycles. The number of nitrogens with two attached hydrogens (primary N) is 1. The predicted molar refractivity (Wildman–Crippen MR) is 87.1 cm³/mol. The van der Waals surface area contributed by atoms with Gasteiger partial charge in [-0.05, 0) is 37.6 Å². The van der Waals surface area contributed by atoms with E-state index in [4.69, 9.17) is 5.73 Å². The lowest BCUT2D eigenvalue weighted by Gasteiger charge is -2.08. The second-order valence-electron chi connectivity index (χ2n) is 4.88. The number of anilines is 1. The largest absolute Gasteiger partial charge is 0.398 e. The van der Waals surface area contributed by atoms with Crippen LogP contribution >= 0.6 is 12.4 Å². The highest BCUT2D eigenvalue weighted by Gasteiger charge is 2.17. The van der Waals surface area contributed by atoms with Crippen molar-refractivity contribution >= 4 is 29.0 Å². The van der Waals surface area contributed by atoms with Gasteiger partial charge in [0.25, 0.3) is 0 Å². The fourth-order valence-corrected chi connectivity index (χ4v) is 2.53. The molecule has 3 heteroatoms. The third-order valence-corrected chi connectivity index (χ3v) is 3.76. The molecule has 0 amide bonds. The lowest BCUT2D eigenvalue weighted by atomic mass is 9.98. The number of H-pyrrole nitrogens is 1. The monoisotopic (exact) mass is 285 g/mol. The van der Waals surface area contributed by atoms with Gasteiger partial charge < -0.3 is 5.73 Å². The number of pyridine rings is 1. The van der Waals surface area contributed by atoms with Crippen LogP contribution in [0, 0.1) is 13.8 Å². The number of rotatable bonds is 1. The summed E-state index contributed by atoms with van der Waals surface area (Å²) in [6.45, 7) is 4.30. The van der Waals surface area contributed by atoms with Gasteiger partial charge in [0.15, 0.2) is 0 Å². The number of hydrogen-bond acceptors (Lipinski definition) is 1. The van der Waals surface area contributed by atoms with Gasteiger partial charge in [-0.1, -0.05) is 24.3 Å². The van der Waals surface area contributed by atoms with E-state index in [1.54, 1.807) is 0 Å². The van der Waals surface area contributed by atoms with Crippen LogP contribution in [0.4, 0.5) is 5.69 Å². The topological polar surface area (TPSA) is 40.2 Å². The summed E-state index contributed by atoms with van der Waals surface area (Å²) < 4.78 is 0. The summed E-state index contributed by atoms with van der Waals surface area (Å²) in [5.74, 6) is 0. The van der Waals surface area contributed by atoms with E-state index in [-0.39, 0.29) is 12.4 Å². The zero-order valence-corrected chi connectivity index (χ0v) is 12.4. The van der Waals surface area contributed by atoms with Gasteiger partial charge in [-0.3, -0.25) is 0 Å². The van der Waals surface area contributed by atoms with Crippen molar-refractivity contribution in [2.24, 2.45) is 0 Å². The Bertz CT molecular complexity index is 766. The average Bonchev–Trinajstić information content (AvgIpc) is 2.44. The van der Waals surface area contributed by atoms with E-state index in [1.165, 1.54) is 16.5 Å². The van der Waals surface area contributed by atoms with Gasteiger partial charge in [0.2, 0.25) is 11.2 Å². The van der Waals surface area contributed by atoms with Crippen LogP contribution in [-0.4, -0.2) is 0 Å². The van der Waals surface area contributed by atoms with Crippen LogP contribution in [0.3, 0.4) is 0 Å². The number of halogens is 1. The van der Waals surface area contributed by atoms with Crippen molar-refractivity contribution in [2.75, 3.05) is 5.73 Å². The zero-order valence-electron chi connectivity index (χ0n) is 11.6. The fraction of sp³-hybridized carbons (Fsp3) is 0.118. The van der Waals surface area contributed by atoms with Gasteiger partial charge in [0, 0.05) is 22.7 Å². The smallest absolute Gasteiger partial charge is 0.216 e. The van der Waals surface area contributed by atoms with Crippen molar-refractivity contribution in [1.29, 1.82) is 0 Å². The summed E-state index contributed by atoms with van der Waals surface area (Å²) in [6, 6.07) is 16.3. The molecule has 20 heavy (non-hydrogen) atoms. The summed E-state index contributed by atoms with van der Waals surface area (Å²) >= 11 is 0. The molecule has 0 aliphatic rings. The van der Waals surface area contributed by atoms with Gasteiger partial charge in [-0.2, -0.15) is 0 Å². The maximum absolute atomic E-state index is 6.10. The Morgan fingerprint density at radius 2 is 1.50 bits per heavy atom. The van der Waals surface area contributed by atoms with Gasteiger partial charge in [-0.15, -0.1) is 12.4 Å². The molecule has 102 valence electrons. The number of aromatic nitrogens is 1. The van der Waals surface area contributed by atoms with Crippen molar-refractivity contribution in [1.82, 2.24) is 0 Å². The maximum Gasteiger partial charge on any atom is 0.216 e. The van der Waals surface area contributed by atoms with Crippen molar-refractivity contribution in [3.8, 4) is 11.3 Å². The summed E-state index contributed by atoms with van der Waals surface area (Å²) in [4.78, 5) is 3.51. The number of benzene rings is 2. The molecule has 0 radical (unpaired) electrons. The number of nitrogens with one attached hydrogen (secondary N) is 1. The lowest BCUT2D eigenvalue weighted by molar-refractivity contribution is -0.331. The Kier molecular flexibility index (Phi) is 3.96. The molecule has 2 nitrogen and oxygen atoms in total. The quantitative estimate of drug-likeness (QED) is 0.676. The van der Waals surface area contributed by atoms with Gasteiger partial charge in [-0.25, -0.2) is 4.98 Å². The number of para-hydroxylation sites is 2. The first-order chi connectivity index (χ1) is 9.18. The van der Waals surface area contributed by atoms with E-state index in [1.807, 2.05) is 24.3 Å². The van der Waals surface area contributed by atoms with E-state index in [0.29, 0.717) is 0 Å². The summed E-state index contributed by atoms with van der Waals surface area (Å²) in [5.41, 5.74) is 12.8. The summed E-state index contributed by atoms with van der Waals surface area (Å²) in [7, 11) is 0. The summed E-state index contributed by atoms with van der Waals surface area (Å²) in [6.07, 6.45) is 0. The molecule has 0 saturated carbocycles. The van der Waals surface area contributed by atoms with Gasteiger partial charge in [0.1, 0.15) is 0 Å². The summed E-state index contributed by atoms with van der Waals surface area (Å²) in [5, 5.41) is 1.26. The van der Waals surface area contributed by atoms with E-state index < -0.39 is 0 Å². The van der Waals surface area contributed by atoms with Crippen LogP contribution in [0.1, 0.15) is 11.1 Å². The second-order valence-corrected chi connectivity index (χ2v) is 4.88. The molecule has 0 bridgehead atoms. The number of fused-ring (bicyclic) bond motifs is 1. The second kappa shape index (κ2) is 5.51. The third kappa shape index (κ3) is 2.23. The predicted octanol–water partition coefficient (Wildman–Crippen LogP) is 3.94. The Hall–Kier alpha value is -2.06. The molecule has 3 aromatic rings. The normalized spacial score (nSPS) is 10.3. The molecule has 0 spiro atoms. The molecular formula is C17H18ClN2+. The number of aryl methyl sites for hydroxylation is 1. The number of hydrogen-bond donors (Lipinski definition) is 1. The van der Waals surface area contributed by atoms with E-state index in [2.05, 4.69) is 43.1 Å². The van der Waals surface area contributed by atoms with E-state index in [0.717, 1.165) is 22.5 Å². The molecule has 0 saturated heterocycles. The highest BCUT2D eigenvalue weighted by atomic mass is 35.5. The van der Waals surface area contributed by atoms with Crippen LogP contribution in [0.25, 0.3) is 22.2 Å². The minimum Gasteiger partial charge on any atom is -0.398 e. The third-order valence-electron chi connectivity index (χ3n) is 3.76. The van der Waals surface area contributed by atoms with Crippen molar-refractivity contribution < 1.29 is 4.98 Å². The molecule has 2 aromatic carbocycles. The molecule has 0 atom stereocenters. The van der Waals surface area contributed by atoms with Crippen molar-refractivity contribution in [3.63, 3.8) is 0 Å². The van der Waals surface area contributed by atoms with Crippen LogP contribution in [0.2, 0.25) is 0 Å². The maximum atomic E-state index is 6.10. The van der Waals surface area contributed by atoms with E-state index in [9.17, 15) is 0 Å². The SMILES string of the molecule is Cc1c(-c2ccccc2N)[nH+]c2ccccc2c1C.Cl. The van der Waals surface area contributed by atoms with Gasteiger partial charge in [0.05, 0.1) is 5.56 Å². The molecule has 0 unspecified atom stereocenters. The fourth-order valence-electron chi connectivity index (χ4n) is 2.53. The van der Waals surface area contributed by atoms with E-state index >= 15 is 0 Å². The molecule has 1 heterocycles. The Morgan fingerprint density at radius 3 is 2.25 bits per heavy atom. The molecule has 0 fully saturated rings. The highest BCUT2D eigenvalue weighted by molar-refractivity contribution is 5.85. The minimum absolute atomic E-state index is 0. The van der Waals surface area contributed by atoms with Crippen LogP contribution < -0.4 is 10.7 Å². The molecule has 0 aliphatic heterocycles. The number of nitrogen functional groups attached to an aromatic ring is 1. The molecular weight excluding hydrogens is 268 g/mol. The molecule has 3 rings (SSSR count). The molecule has 3 N–H and O–H groups in total. The van der Waals surface area contributed by atoms with Gasteiger partial charge >= 0.3 is 0 Å². The first kappa shape index (κ1) is 14.4. The first-order valence-electron chi connectivity index (χ1n) is 6.44. The average molecular weight is 286 g/mol. The van der Waals surface area contributed by atoms with Crippen LogP contribution in [-0.2, 0) is 0 Å². The van der Waals surface area contributed by atoms with Crippen molar-refractivity contribution in [3.05, 3.63) is 59.7 Å². The first-order valence-corrected chi connectivity index (χ1v) is 6.44. The number of aromatic amines is 1. The van der Waals surface area contributed by atoms with Crippen molar-refractivity contribution in [2.45, 2.75) is 13.8 Å². The molecule has 1 aromatic heterocycles. The Balaban J connectivity index is 0.00000147. The van der Waals surface area contributed by atoms with Crippen LogP contribution in [0.5, 0.6) is 0 Å². The zero-order chi connectivity index (χ0) is 13.4. The lowest BCUT2D eigenvalue weighted by Crippen LogP contribution is -2.13. The Labute approximate surface area is 125 Å². The minimum atomic E-state index is 0. The highest BCUT2D eigenvalue weighted by Crippen LogP contribution is 2.29. The Morgan fingerprint density at radius 1 is 0.850 bits per heavy atom. The van der Waals surface area contributed by atoms with Crippen LogP contribution in [0.15, 0.2) is 48.5 Å².